The van der Waals surface area contributed by atoms with Crippen LogP contribution in [0.15, 0.2) is 55.1 Å². The van der Waals surface area contributed by atoms with Gasteiger partial charge in [0.15, 0.2) is 0 Å². The van der Waals surface area contributed by atoms with Crippen LogP contribution in [0.25, 0.3) is 11.1 Å². The van der Waals surface area contributed by atoms with E-state index in [0.717, 1.165) is 74.6 Å². The number of hydrogen-bond donors (Lipinski definition) is 1. The van der Waals surface area contributed by atoms with Gasteiger partial charge in [0, 0.05) is 81.9 Å². The molecule has 14 nitrogen and oxygen atoms in total. The number of nitrogens with zero attached hydrogens (tertiary/aromatic N) is 10. The van der Waals surface area contributed by atoms with Crippen LogP contribution in [0.5, 0.6) is 11.5 Å². The number of carbonyl (C=O) groups is 1. The van der Waals surface area contributed by atoms with Gasteiger partial charge in [-0.05, 0) is 60.0 Å². The second-order valence-electron chi connectivity index (χ2n) is 11.8. The topological polar surface area (TPSA) is 150 Å². The van der Waals surface area contributed by atoms with E-state index >= 15 is 0 Å². The molecule has 2 aromatic heterocycles. The summed E-state index contributed by atoms with van der Waals surface area (Å²) in [7, 11) is 1.66. The molecule has 2 aromatic carbocycles. The molecular formula is C33H39N11O3. The average Bonchev–Trinajstić information content (AvgIpc) is 3.62. The monoisotopic (exact) mass is 637 g/mol. The minimum atomic E-state index is -0.266. The van der Waals surface area contributed by atoms with Gasteiger partial charge in [0.25, 0.3) is 0 Å². The Labute approximate surface area is 273 Å². The largest absolute Gasteiger partial charge is 0.494 e. The molecule has 1 unspecified atom stereocenters. The van der Waals surface area contributed by atoms with E-state index < -0.39 is 0 Å². The lowest BCUT2D eigenvalue weighted by atomic mass is 10.0. The van der Waals surface area contributed by atoms with Gasteiger partial charge in [0.2, 0.25) is 11.9 Å². The number of rotatable bonds is 10. The van der Waals surface area contributed by atoms with E-state index in [1.165, 1.54) is 6.33 Å². The van der Waals surface area contributed by atoms with E-state index in [1.54, 1.807) is 37.2 Å². The summed E-state index contributed by atoms with van der Waals surface area (Å²) in [5.41, 5.74) is 3.93. The number of nitrogens with one attached hydrogen (secondary N) is 1. The normalized spacial score (nSPS) is 16.4. The minimum absolute atomic E-state index is 0.169. The van der Waals surface area contributed by atoms with Crippen LogP contribution in [-0.4, -0.2) is 104 Å². The molecule has 0 aliphatic carbocycles. The van der Waals surface area contributed by atoms with Crippen LogP contribution in [0.3, 0.4) is 0 Å². The standard InChI is InChI=1S/C33H39N11O3/c1-23(21-44-22-37-39-40-44)47-31-16-25(4-5-26(31)18-34)27-19-35-33(36-20-27)38-30-7-6-29(17-32(30)46-3)42-10-8-28(9-11-42)43-14-12-41(13-15-43)24(2)45/h4-7,16-17,19-20,22-23,28H,8-15,21H2,1-3H3,(H,35,36,38). The zero-order chi connectivity index (χ0) is 32.8. The summed E-state index contributed by atoms with van der Waals surface area (Å²) < 4.78 is 13.4. The van der Waals surface area contributed by atoms with Gasteiger partial charge >= 0.3 is 0 Å². The molecule has 47 heavy (non-hydrogen) atoms. The number of amides is 1. The van der Waals surface area contributed by atoms with Gasteiger partial charge in [-0.1, -0.05) is 6.07 Å². The lowest BCUT2D eigenvalue weighted by Gasteiger charge is -2.43. The zero-order valence-corrected chi connectivity index (χ0v) is 26.9. The van der Waals surface area contributed by atoms with Crippen LogP contribution in [-0.2, 0) is 11.3 Å². The van der Waals surface area contributed by atoms with Crippen LogP contribution in [0, 0.1) is 11.3 Å². The van der Waals surface area contributed by atoms with Crippen LogP contribution >= 0.6 is 0 Å². The van der Waals surface area contributed by atoms with Crippen LogP contribution in [0.1, 0.15) is 32.3 Å². The van der Waals surface area contributed by atoms with Crippen molar-refractivity contribution in [3.63, 3.8) is 0 Å². The molecule has 1 atom stereocenters. The van der Waals surface area contributed by atoms with Crippen LogP contribution in [0.2, 0.25) is 0 Å². The fraction of sp³-hybridized carbons (Fsp3) is 0.424. The molecule has 244 valence electrons. The molecule has 0 spiro atoms. The molecule has 2 saturated heterocycles. The molecule has 14 heteroatoms. The molecule has 1 N–H and O–H groups in total. The molecule has 6 rings (SSSR count). The quantitative estimate of drug-likeness (QED) is 0.272. The van der Waals surface area contributed by atoms with Crippen molar-refractivity contribution in [1.29, 1.82) is 5.26 Å². The molecule has 0 radical (unpaired) electrons. The number of piperidine rings is 1. The van der Waals surface area contributed by atoms with E-state index in [1.807, 2.05) is 30.0 Å². The fourth-order valence-electron chi connectivity index (χ4n) is 6.21. The molecule has 4 heterocycles. The zero-order valence-electron chi connectivity index (χ0n) is 26.9. The van der Waals surface area contributed by atoms with Gasteiger partial charge in [-0.15, -0.1) is 5.10 Å². The summed E-state index contributed by atoms with van der Waals surface area (Å²) in [4.78, 5) is 27.7. The van der Waals surface area contributed by atoms with Gasteiger partial charge in [0.05, 0.1) is 24.9 Å². The maximum atomic E-state index is 11.7. The summed E-state index contributed by atoms with van der Waals surface area (Å²) in [6.07, 6.45) is 6.90. The second-order valence-corrected chi connectivity index (χ2v) is 11.8. The van der Waals surface area contributed by atoms with E-state index in [2.05, 4.69) is 58.8 Å². The number of piperazine rings is 1. The van der Waals surface area contributed by atoms with Gasteiger partial charge in [0.1, 0.15) is 30.0 Å². The third kappa shape index (κ3) is 7.58. The maximum absolute atomic E-state index is 11.7. The molecule has 2 fully saturated rings. The van der Waals surface area contributed by atoms with Crippen molar-refractivity contribution < 1.29 is 14.3 Å². The van der Waals surface area contributed by atoms with Crippen molar-refractivity contribution in [2.75, 3.05) is 56.6 Å². The number of ether oxygens (including phenoxy) is 2. The van der Waals surface area contributed by atoms with Crippen molar-refractivity contribution in [3.05, 3.63) is 60.7 Å². The average molecular weight is 638 g/mol. The molecule has 2 aliphatic rings. The third-order valence-electron chi connectivity index (χ3n) is 8.79. The van der Waals surface area contributed by atoms with Crippen molar-refractivity contribution >= 4 is 23.2 Å². The number of hydrogen-bond acceptors (Lipinski definition) is 12. The summed E-state index contributed by atoms with van der Waals surface area (Å²) in [5.74, 6) is 1.78. The van der Waals surface area contributed by atoms with Crippen molar-refractivity contribution in [2.45, 2.75) is 45.4 Å². The first kappa shape index (κ1) is 31.7. The van der Waals surface area contributed by atoms with Gasteiger partial charge in [-0.3, -0.25) is 9.69 Å². The Kier molecular flexibility index (Phi) is 9.72. The first-order valence-electron chi connectivity index (χ1n) is 15.8. The Hall–Kier alpha value is -5.29. The number of methoxy groups -OCH3 is 1. The summed E-state index contributed by atoms with van der Waals surface area (Å²) in [5, 5.41) is 24.1. The highest BCUT2D eigenvalue weighted by molar-refractivity contribution is 5.73. The number of carbonyl (C=O) groups excluding carboxylic acids is 1. The van der Waals surface area contributed by atoms with Crippen LogP contribution < -0.4 is 19.7 Å². The highest BCUT2D eigenvalue weighted by Gasteiger charge is 2.28. The molecule has 0 saturated carbocycles. The third-order valence-corrected chi connectivity index (χ3v) is 8.79. The van der Waals surface area contributed by atoms with Crippen LogP contribution in [0.4, 0.5) is 17.3 Å². The molecule has 2 aliphatic heterocycles. The number of benzene rings is 2. The highest BCUT2D eigenvalue weighted by Crippen LogP contribution is 2.34. The van der Waals surface area contributed by atoms with E-state index in [9.17, 15) is 10.1 Å². The fourth-order valence-corrected chi connectivity index (χ4v) is 6.21. The summed E-state index contributed by atoms with van der Waals surface area (Å²) in [6, 6.07) is 14.3. The lowest BCUT2D eigenvalue weighted by Crippen LogP contribution is -2.54. The van der Waals surface area contributed by atoms with E-state index in [-0.39, 0.29) is 12.0 Å². The predicted molar refractivity (Wildman–Crippen MR) is 175 cm³/mol. The first-order chi connectivity index (χ1) is 22.9. The molecular weight excluding hydrogens is 598 g/mol. The summed E-state index contributed by atoms with van der Waals surface area (Å²) >= 11 is 0. The maximum Gasteiger partial charge on any atom is 0.227 e. The Morgan fingerprint density at radius 3 is 2.45 bits per heavy atom. The smallest absolute Gasteiger partial charge is 0.227 e. The Morgan fingerprint density at radius 2 is 1.79 bits per heavy atom. The molecule has 4 aromatic rings. The highest BCUT2D eigenvalue weighted by atomic mass is 16.5. The van der Waals surface area contributed by atoms with Gasteiger partial charge in [-0.2, -0.15) is 5.26 Å². The second kappa shape index (κ2) is 14.4. The number of aromatic nitrogens is 6. The van der Waals surface area contributed by atoms with Crippen molar-refractivity contribution in [2.24, 2.45) is 0 Å². The lowest BCUT2D eigenvalue weighted by molar-refractivity contribution is -0.130. The Balaban J connectivity index is 1.07. The SMILES string of the molecule is COc1cc(N2CCC(N3CCN(C(C)=O)CC3)CC2)ccc1Nc1ncc(-c2ccc(C#N)c(OC(C)Cn3cnnn3)c2)cn1. The number of anilines is 3. The predicted octanol–water partition coefficient (Wildman–Crippen LogP) is 3.35. The number of tetrazole rings is 1. The molecule has 0 bridgehead atoms. The van der Waals surface area contributed by atoms with Gasteiger partial charge in [-0.25, -0.2) is 14.6 Å². The Bertz CT molecular complexity index is 1690. The number of nitriles is 1. The first-order valence-corrected chi connectivity index (χ1v) is 15.8. The van der Waals surface area contributed by atoms with E-state index in [4.69, 9.17) is 9.47 Å². The summed E-state index contributed by atoms with van der Waals surface area (Å²) in [6.45, 7) is 9.48. The minimum Gasteiger partial charge on any atom is -0.494 e. The van der Waals surface area contributed by atoms with E-state index in [0.29, 0.717) is 35.6 Å². The molecule has 1 amide bonds. The van der Waals surface area contributed by atoms with Crippen molar-refractivity contribution in [1.82, 2.24) is 40.0 Å². The van der Waals surface area contributed by atoms with Crippen molar-refractivity contribution in [3.8, 4) is 28.7 Å². The Morgan fingerprint density at radius 1 is 1.02 bits per heavy atom. The van der Waals surface area contributed by atoms with Gasteiger partial charge < -0.3 is 24.6 Å².